The van der Waals surface area contributed by atoms with E-state index in [0.717, 1.165) is 0 Å². The van der Waals surface area contributed by atoms with Crippen LogP contribution >= 0.6 is 7.36 Å². The van der Waals surface area contributed by atoms with E-state index in [9.17, 15) is 4.79 Å². The molecule has 1 amide bonds. The van der Waals surface area contributed by atoms with E-state index in [0.29, 0.717) is 7.36 Å². The van der Waals surface area contributed by atoms with Gasteiger partial charge in [-0.1, -0.05) is 11.8 Å². The number of amides is 1. The summed E-state index contributed by atoms with van der Waals surface area (Å²) in [6.07, 6.45) is -0.769. The van der Waals surface area contributed by atoms with E-state index < -0.39 is 6.09 Å². The highest BCUT2D eigenvalue weighted by molar-refractivity contribution is 7.96. The second-order valence-electron chi connectivity index (χ2n) is 1.14. The van der Waals surface area contributed by atoms with Gasteiger partial charge >= 0.3 is 6.09 Å². The molecule has 5 heteroatoms. The fraction of sp³-hybridized carbons (Fsp3) is 0.667. The van der Waals surface area contributed by atoms with Gasteiger partial charge in [0.25, 0.3) is 0 Å². The van der Waals surface area contributed by atoms with Crippen molar-refractivity contribution >= 4 is 25.3 Å². The molecule has 0 radical (unpaired) electrons. The maximum absolute atomic E-state index is 9.92. The van der Waals surface area contributed by atoms with Crippen LogP contribution in [0.1, 0.15) is 6.92 Å². The molecule has 0 aromatic heterocycles. The maximum atomic E-state index is 9.92. The third kappa shape index (κ3) is 3.96. The molecule has 8 heavy (non-hydrogen) atoms. The van der Waals surface area contributed by atoms with E-state index in [2.05, 4.69) is 22.3 Å². The fourth-order valence-corrected chi connectivity index (χ4v) is 0.466. The van der Waals surface area contributed by atoms with Gasteiger partial charge in [-0.05, 0) is 6.92 Å². The first-order valence-electron chi connectivity index (χ1n) is 1.95. The van der Waals surface area contributed by atoms with Crippen molar-refractivity contribution in [3.8, 4) is 0 Å². The van der Waals surface area contributed by atoms with E-state index >= 15 is 0 Å². The number of rotatable bonds is 2. The molecule has 0 bridgehead atoms. The number of hydrogen-bond acceptors (Lipinski definition) is 3. The minimum Gasteiger partial charge on any atom is -0.437 e. The predicted octanol–water partition coefficient (Wildman–Crippen LogP) is 0.836. The Labute approximate surface area is 54.0 Å². The van der Waals surface area contributed by atoms with Gasteiger partial charge in [-0.2, -0.15) is 0 Å². The highest BCUT2D eigenvalue weighted by Crippen LogP contribution is 2.05. The Morgan fingerprint density at radius 3 is 2.62 bits per heavy atom. The van der Waals surface area contributed by atoms with Crippen molar-refractivity contribution in [2.75, 3.05) is 0 Å². The molecule has 1 unspecified atom stereocenters. The van der Waals surface area contributed by atoms with Crippen molar-refractivity contribution in [3.63, 3.8) is 0 Å². The van der Waals surface area contributed by atoms with Gasteiger partial charge in [0, 0.05) is 7.36 Å². The first-order valence-corrected chi connectivity index (χ1v) is 3.93. The van der Waals surface area contributed by atoms with Crippen LogP contribution in [0.4, 0.5) is 4.79 Å². The maximum Gasteiger partial charge on any atom is 0.405 e. The van der Waals surface area contributed by atoms with Crippen LogP contribution in [-0.2, 0) is 16.5 Å². The molecule has 2 N–H and O–H groups in total. The molecular weight excluding hydrogens is 145 g/mol. The zero-order chi connectivity index (χ0) is 6.57. The highest BCUT2D eigenvalue weighted by Gasteiger charge is 1.99. The molecule has 1 atom stereocenters. The smallest absolute Gasteiger partial charge is 0.405 e. The van der Waals surface area contributed by atoms with Crippen LogP contribution < -0.4 is 5.73 Å². The van der Waals surface area contributed by atoms with Gasteiger partial charge in [-0.25, -0.2) is 4.79 Å². The van der Waals surface area contributed by atoms with Crippen molar-refractivity contribution in [2.24, 2.45) is 5.73 Å². The van der Waals surface area contributed by atoms with Crippen LogP contribution in [-0.4, -0.2) is 11.9 Å². The number of primary amides is 1. The monoisotopic (exact) mass is 151 g/mol. The molecule has 3 nitrogen and oxygen atoms in total. The molecule has 0 saturated heterocycles. The molecule has 0 aliphatic rings. The number of carbonyl (C=O) groups excluding carboxylic acids is 1. The normalized spacial score (nSPS) is 13.1. The van der Waals surface area contributed by atoms with Gasteiger partial charge in [0.05, 0.1) is 0 Å². The van der Waals surface area contributed by atoms with Crippen LogP contribution in [0.2, 0.25) is 0 Å². The summed E-state index contributed by atoms with van der Waals surface area (Å²) in [5.74, 6) is -0.262. The molecule has 0 aromatic rings. The van der Waals surface area contributed by atoms with Crippen LogP contribution in [0.15, 0.2) is 0 Å². The van der Waals surface area contributed by atoms with Crippen molar-refractivity contribution < 1.29 is 9.53 Å². The van der Waals surface area contributed by atoms with Gasteiger partial charge in [0.15, 0.2) is 5.85 Å². The molecule has 0 heterocycles. The molecule has 0 aliphatic heterocycles. The Balaban J connectivity index is 3.38. The van der Waals surface area contributed by atoms with Crippen molar-refractivity contribution in [1.29, 1.82) is 0 Å². The molecule has 0 aromatic carbocycles. The molecule has 0 rings (SSSR count). The zero-order valence-electron chi connectivity index (χ0n) is 4.33. The molecule has 0 saturated carbocycles. The van der Waals surface area contributed by atoms with Gasteiger partial charge in [0.2, 0.25) is 0 Å². The second kappa shape index (κ2) is 3.75. The van der Waals surface area contributed by atoms with Crippen molar-refractivity contribution in [1.82, 2.24) is 0 Å². The van der Waals surface area contributed by atoms with Crippen molar-refractivity contribution in [2.45, 2.75) is 12.8 Å². The van der Waals surface area contributed by atoms with Crippen molar-refractivity contribution in [3.05, 3.63) is 0 Å². The minimum atomic E-state index is -0.769. The predicted molar refractivity (Wildman–Crippen MR) is 34.4 cm³/mol. The number of ether oxygens (including phenoxy) is 1. The van der Waals surface area contributed by atoms with E-state index in [-0.39, 0.29) is 5.85 Å². The quantitative estimate of drug-likeness (QED) is 0.595. The Morgan fingerprint density at radius 2 is 2.50 bits per heavy atom. The molecule has 0 spiro atoms. The molecular formula is C3H6NO2PS. The van der Waals surface area contributed by atoms with Crippen LogP contribution in [0.3, 0.4) is 0 Å². The summed E-state index contributed by atoms with van der Waals surface area (Å²) in [7, 11) is 0.599. The molecule has 0 aliphatic carbocycles. The Morgan fingerprint density at radius 1 is 2.00 bits per heavy atom. The Bertz CT molecular complexity index is 107. The summed E-state index contributed by atoms with van der Waals surface area (Å²) in [5, 5.41) is 0. The SMILES string of the molecule is CC(OC(N)=O)P=S. The first-order chi connectivity index (χ1) is 3.66. The lowest BCUT2D eigenvalue weighted by Crippen LogP contribution is -2.16. The van der Waals surface area contributed by atoms with E-state index in [1.807, 2.05) is 0 Å². The van der Waals surface area contributed by atoms with Crippen LogP contribution in [0.5, 0.6) is 0 Å². The standard InChI is InChI=1S/C3H6NO2PS/c1-2(7-8)6-3(4)5/h2H,1H3,(H2,4,5). The lowest BCUT2D eigenvalue weighted by Gasteiger charge is -2.01. The summed E-state index contributed by atoms with van der Waals surface area (Å²) in [6, 6.07) is 0. The summed E-state index contributed by atoms with van der Waals surface area (Å²) < 4.78 is 4.42. The Hall–Kier alpha value is -0.210. The summed E-state index contributed by atoms with van der Waals surface area (Å²) in [5.41, 5.74) is 4.66. The highest BCUT2D eigenvalue weighted by atomic mass is 32.4. The lowest BCUT2D eigenvalue weighted by atomic mass is 10.8. The third-order valence-electron chi connectivity index (χ3n) is 0.435. The number of nitrogens with two attached hydrogens (primary N) is 1. The molecule has 0 fully saturated rings. The number of hydrogen-bond donors (Lipinski definition) is 1. The van der Waals surface area contributed by atoms with Crippen LogP contribution in [0.25, 0.3) is 0 Å². The second-order valence-corrected chi connectivity index (χ2v) is 2.71. The van der Waals surface area contributed by atoms with Crippen LogP contribution in [0, 0.1) is 0 Å². The summed E-state index contributed by atoms with van der Waals surface area (Å²) in [4.78, 5) is 9.92. The topological polar surface area (TPSA) is 52.3 Å². The minimum absolute atomic E-state index is 0.262. The Kier molecular flexibility index (Phi) is 3.65. The van der Waals surface area contributed by atoms with Gasteiger partial charge in [0.1, 0.15) is 0 Å². The first kappa shape index (κ1) is 7.79. The van der Waals surface area contributed by atoms with Gasteiger partial charge in [-0.15, -0.1) is 0 Å². The average molecular weight is 151 g/mol. The summed E-state index contributed by atoms with van der Waals surface area (Å²) >= 11 is 4.53. The van der Waals surface area contributed by atoms with E-state index in [1.54, 1.807) is 6.92 Å². The zero-order valence-corrected chi connectivity index (χ0v) is 6.04. The summed E-state index contributed by atoms with van der Waals surface area (Å²) in [6.45, 7) is 1.68. The van der Waals surface area contributed by atoms with Gasteiger partial charge < -0.3 is 10.5 Å². The van der Waals surface area contributed by atoms with Gasteiger partial charge in [-0.3, -0.25) is 0 Å². The van der Waals surface area contributed by atoms with E-state index in [4.69, 9.17) is 0 Å². The third-order valence-corrected chi connectivity index (χ3v) is 1.73. The average Bonchev–Trinajstić information content (AvgIpc) is 1.65. The van der Waals surface area contributed by atoms with E-state index in [1.165, 1.54) is 0 Å². The largest absolute Gasteiger partial charge is 0.437 e. The fourth-order valence-electron chi connectivity index (χ4n) is 0.190. The number of carbonyl (C=O) groups is 1. The molecule has 46 valence electrons. The lowest BCUT2D eigenvalue weighted by molar-refractivity contribution is 0.151.